The van der Waals surface area contributed by atoms with Crippen molar-refractivity contribution in [1.82, 2.24) is 29.7 Å². The number of piperazine rings is 1. The van der Waals surface area contributed by atoms with E-state index in [1.54, 1.807) is 36.3 Å². The summed E-state index contributed by atoms with van der Waals surface area (Å²) in [4.78, 5) is 35.1. The molecule has 2 saturated heterocycles. The van der Waals surface area contributed by atoms with Crippen molar-refractivity contribution >= 4 is 45.0 Å². The van der Waals surface area contributed by atoms with Gasteiger partial charge in [-0.15, -0.1) is 0 Å². The van der Waals surface area contributed by atoms with Gasteiger partial charge in [0.2, 0.25) is 5.91 Å². The van der Waals surface area contributed by atoms with E-state index in [4.69, 9.17) is 16.3 Å². The summed E-state index contributed by atoms with van der Waals surface area (Å²) in [6, 6.07) is 5.87. The van der Waals surface area contributed by atoms with E-state index in [1.807, 2.05) is 0 Å². The molecule has 47 heavy (non-hydrogen) atoms. The minimum atomic E-state index is -2.87. The lowest BCUT2D eigenvalue weighted by Crippen LogP contribution is -2.55. The Balaban J connectivity index is 1.43. The first-order valence-electron chi connectivity index (χ1n) is 14.8. The number of amides is 1. The minimum Gasteiger partial charge on any atom is -0.462 e. The van der Waals surface area contributed by atoms with Crippen LogP contribution in [0.3, 0.4) is 0 Å². The molecule has 1 amide bonds. The first-order chi connectivity index (χ1) is 22.6. The molecule has 2 atom stereocenters. The Hall–Kier alpha value is -4.61. The average Bonchev–Trinajstić information content (AvgIpc) is 3.33. The van der Waals surface area contributed by atoms with Gasteiger partial charge >= 0.3 is 6.01 Å². The molecule has 10 nitrogen and oxygen atoms in total. The molecule has 4 aromatic rings. The smallest absolute Gasteiger partial charge is 0.319 e. The van der Waals surface area contributed by atoms with Crippen molar-refractivity contribution in [3.05, 3.63) is 59.8 Å². The van der Waals surface area contributed by atoms with E-state index in [0.717, 1.165) is 12.2 Å². The highest BCUT2D eigenvalue weighted by molar-refractivity contribution is 6.36. The van der Waals surface area contributed by atoms with Crippen molar-refractivity contribution in [2.45, 2.75) is 30.8 Å². The zero-order valence-corrected chi connectivity index (χ0v) is 26.0. The molecule has 0 radical (unpaired) electrons. The van der Waals surface area contributed by atoms with E-state index in [9.17, 15) is 23.2 Å². The number of benzene rings is 1. The van der Waals surface area contributed by atoms with Crippen LogP contribution in [0.1, 0.15) is 12.8 Å². The van der Waals surface area contributed by atoms with Crippen LogP contribution in [0.15, 0.2) is 48.9 Å². The number of halogens is 5. The Bertz CT molecular complexity index is 1900. The molecule has 2 aliphatic rings. The average molecular weight is 669 g/mol. The third kappa shape index (κ3) is 6.50. The Morgan fingerprint density at radius 3 is 2.79 bits per heavy atom. The number of likely N-dealkylation sites (tertiary alicyclic amines) is 1. The lowest BCUT2D eigenvalue weighted by molar-refractivity contribution is -0.128. The molecule has 244 valence electrons. The Labute approximate surface area is 272 Å². The Morgan fingerprint density at radius 1 is 1.21 bits per heavy atom. The number of hydrogen-bond acceptors (Lipinski definition) is 9. The van der Waals surface area contributed by atoms with Crippen LogP contribution in [0.4, 0.5) is 23.4 Å². The zero-order chi connectivity index (χ0) is 33.3. The van der Waals surface area contributed by atoms with Gasteiger partial charge in [-0.3, -0.25) is 19.7 Å². The molecular formula is C32H29ClF4N8O2. The second-order valence-electron chi connectivity index (χ2n) is 11.5. The maximum absolute atomic E-state index is 16.6. The molecule has 0 unspecified atom stereocenters. The van der Waals surface area contributed by atoms with Crippen LogP contribution in [-0.4, -0.2) is 100 Å². The number of fused-ring (bicyclic) bond motifs is 2. The fraction of sp³-hybridized carbons (Fsp3) is 0.375. The van der Waals surface area contributed by atoms with Gasteiger partial charge < -0.3 is 14.5 Å². The van der Waals surface area contributed by atoms with Crippen molar-refractivity contribution in [3.63, 3.8) is 0 Å². The van der Waals surface area contributed by atoms with E-state index >= 15 is 4.39 Å². The predicted octanol–water partition coefficient (Wildman–Crippen LogP) is 5.21. The second-order valence-corrected chi connectivity index (χ2v) is 11.9. The SMILES string of the molecule is CN1CC(F)(F)C[C@H]1COc1nc(N2CCN(C(=O)/C=C/CF)[C@@H](CC#N)C2)c2cnc(-c3cncc4cccc(Cl)c34)c(F)c2n1. The van der Waals surface area contributed by atoms with Crippen LogP contribution in [0.5, 0.6) is 6.01 Å². The maximum Gasteiger partial charge on any atom is 0.319 e. The van der Waals surface area contributed by atoms with Gasteiger partial charge in [-0.05, 0) is 19.2 Å². The number of alkyl halides is 3. The quantitative estimate of drug-likeness (QED) is 0.185. The van der Waals surface area contributed by atoms with E-state index in [2.05, 4.69) is 26.0 Å². The van der Waals surface area contributed by atoms with Crippen LogP contribution >= 0.6 is 11.6 Å². The number of nitrogens with zero attached hydrogens (tertiary/aromatic N) is 8. The number of aromatic nitrogens is 4. The molecule has 15 heteroatoms. The zero-order valence-electron chi connectivity index (χ0n) is 25.2. The predicted molar refractivity (Wildman–Crippen MR) is 168 cm³/mol. The van der Waals surface area contributed by atoms with Crippen LogP contribution < -0.4 is 9.64 Å². The molecular weight excluding hydrogens is 640 g/mol. The molecule has 1 aromatic carbocycles. The number of carbonyl (C=O) groups excluding carboxylic acids is 1. The summed E-state index contributed by atoms with van der Waals surface area (Å²) in [6.07, 6.45) is 6.29. The summed E-state index contributed by atoms with van der Waals surface area (Å²) in [7, 11) is 1.57. The number of allylic oxidation sites excluding steroid dienone is 1. The molecule has 2 fully saturated rings. The monoisotopic (exact) mass is 668 g/mol. The number of anilines is 1. The van der Waals surface area contributed by atoms with E-state index in [0.29, 0.717) is 21.4 Å². The van der Waals surface area contributed by atoms with E-state index < -0.39 is 49.4 Å². The fourth-order valence-electron chi connectivity index (χ4n) is 6.16. The molecule has 2 aliphatic heterocycles. The Kier molecular flexibility index (Phi) is 9.11. The van der Waals surface area contributed by atoms with Gasteiger partial charge in [0, 0.05) is 78.1 Å². The lowest BCUT2D eigenvalue weighted by Gasteiger charge is -2.41. The van der Waals surface area contributed by atoms with Crippen molar-refractivity contribution in [2.75, 3.05) is 51.4 Å². The van der Waals surface area contributed by atoms with E-state index in [1.165, 1.54) is 22.2 Å². The standard InChI is InChI=1S/C32H29ClF4N8O2/c1-43-18-32(36,37)12-21(43)17-47-31-41-29-23(15-40-28(27(29)35)22-14-39-13-19-4-2-5-24(33)26(19)22)30(42-31)44-10-11-45(20(16-44)7-9-38)25(46)6-3-8-34/h2-6,13-15,20-21H,7-8,10-12,16-18H2,1H3/b6-3+/t20-,21-/m0/s1. The van der Waals surface area contributed by atoms with Gasteiger partial charge in [0.1, 0.15) is 30.3 Å². The van der Waals surface area contributed by atoms with Crippen molar-refractivity contribution in [3.8, 4) is 23.3 Å². The molecule has 0 saturated carbocycles. The van der Waals surface area contributed by atoms with Crippen LogP contribution in [0.25, 0.3) is 32.9 Å². The third-order valence-corrected chi connectivity index (χ3v) is 8.73. The molecule has 0 N–H and O–H groups in total. The van der Waals surface area contributed by atoms with Crippen molar-refractivity contribution in [2.24, 2.45) is 0 Å². The number of pyridine rings is 2. The second kappa shape index (κ2) is 13.2. The third-order valence-electron chi connectivity index (χ3n) is 8.42. The highest BCUT2D eigenvalue weighted by Crippen LogP contribution is 2.37. The maximum atomic E-state index is 16.6. The van der Waals surface area contributed by atoms with Crippen molar-refractivity contribution in [1.29, 1.82) is 5.26 Å². The highest BCUT2D eigenvalue weighted by Gasteiger charge is 2.43. The lowest BCUT2D eigenvalue weighted by atomic mass is 10.0. The van der Waals surface area contributed by atoms with Crippen LogP contribution in [0.2, 0.25) is 5.02 Å². The topological polar surface area (TPSA) is 111 Å². The number of ether oxygens (including phenoxy) is 1. The largest absolute Gasteiger partial charge is 0.462 e. The molecule has 5 heterocycles. The van der Waals surface area contributed by atoms with Gasteiger partial charge in [-0.25, -0.2) is 17.6 Å². The number of rotatable bonds is 8. The molecule has 3 aromatic heterocycles. The summed E-state index contributed by atoms with van der Waals surface area (Å²) in [6.45, 7) is -0.857. The van der Waals surface area contributed by atoms with Crippen molar-refractivity contribution < 1.29 is 27.1 Å². The fourth-order valence-corrected chi connectivity index (χ4v) is 6.44. The first-order valence-corrected chi connectivity index (χ1v) is 15.2. The normalized spacial score (nSPS) is 19.9. The molecule has 0 spiro atoms. The highest BCUT2D eigenvalue weighted by atomic mass is 35.5. The van der Waals surface area contributed by atoms with Gasteiger partial charge in [-0.1, -0.05) is 23.7 Å². The van der Waals surface area contributed by atoms with Gasteiger partial charge in [0.25, 0.3) is 5.92 Å². The molecule has 6 rings (SSSR count). The summed E-state index contributed by atoms with van der Waals surface area (Å²) >= 11 is 6.51. The number of hydrogen-bond donors (Lipinski definition) is 0. The summed E-state index contributed by atoms with van der Waals surface area (Å²) in [5.74, 6) is -3.87. The van der Waals surface area contributed by atoms with Crippen LogP contribution in [0, 0.1) is 17.1 Å². The number of nitriles is 1. The Morgan fingerprint density at radius 2 is 2.04 bits per heavy atom. The van der Waals surface area contributed by atoms with Gasteiger partial charge in [0.05, 0.1) is 30.5 Å². The molecule has 0 aliphatic carbocycles. The summed E-state index contributed by atoms with van der Waals surface area (Å²) in [5, 5.41) is 11.3. The minimum absolute atomic E-state index is 0.0219. The summed E-state index contributed by atoms with van der Waals surface area (Å²) < 4.78 is 63.3. The first kappa shape index (κ1) is 32.3. The van der Waals surface area contributed by atoms with Gasteiger partial charge in [0.15, 0.2) is 5.82 Å². The summed E-state index contributed by atoms with van der Waals surface area (Å²) in [5.41, 5.74) is 0.143. The number of likely N-dealkylation sites (N-methyl/N-ethyl adjacent to an activating group) is 1. The van der Waals surface area contributed by atoms with Gasteiger partial charge in [-0.2, -0.15) is 15.2 Å². The molecule has 0 bridgehead atoms. The van der Waals surface area contributed by atoms with E-state index in [-0.39, 0.29) is 61.1 Å². The number of carbonyl (C=O) groups is 1. The van der Waals surface area contributed by atoms with Crippen LogP contribution in [-0.2, 0) is 4.79 Å².